The Hall–Kier alpha value is 5.20. The Labute approximate surface area is 171 Å². The molecule has 0 bridgehead atoms. The Morgan fingerprint density at radius 1 is 0.429 bits per heavy atom. The normalized spacial score (nSPS) is 0. The molecule has 0 aromatic rings. The molecule has 0 aliphatic carbocycles. The van der Waals surface area contributed by atoms with Crippen LogP contribution in [0.15, 0.2) is 0 Å². The Kier molecular flexibility index (Phi) is 348. The van der Waals surface area contributed by atoms with E-state index >= 15 is 0 Å². The topological polar surface area (TPSA) is 85.5 Å². The van der Waals surface area contributed by atoms with Crippen molar-refractivity contribution >= 4 is 0 Å². The summed E-state index contributed by atoms with van der Waals surface area (Å²) < 4.78 is 0. The fourth-order valence-electron chi connectivity index (χ4n) is 0. The van der Waals surface area contributed by atoms with Crippen molar-refractivity contribution in [1.82, 2.24) is 0 Å². The van der Waals surface area contributed by atoms with Gasteiger partial charge in [-0.15, -0.1) is 0 Å². The molecule has 0 heterocycles. The largest absolute Gasteiger partial charge is 3.00 e. The van der Waals surface area contributed by atoms with Gasteiger partial charge in [-0.3, -0.25) is 0 Å². The van der Waals surface area contributed by atoms with Crippen molar-refractivity contribution < 1.29 is 177 Å². The van der Waals surface area contributed by atoms with Gasteiger partial charge in [-0.25, -0.2) is 0 Å². The molecule has 0 saturated heterocycles. The fourth-order valence-corrected chi connectivity index (χ4v) is 0. The third kappa shape index (κ3) is 35.0. The molecule has 3 nitrogen and oxygen atoms in total. The molecule has 0 N–H and O–H groups in total. The summed E-state index contributed by atoms with van der Waals surface area (Å²) in [5.41, 5.74) is 0. The molecule has 0 spiro atoms. The van der Waals surface area contributed by atoms with E-state index in [2.05, 4.69) is 0 Å². The zero-order chi connectivity index (χ0) is 0. The molecule has 46 valence electrons. The minimum Gasteiger partial charge on any atom is -2.00 e. The second-order valence-electron chi connectivity index (χ2n) is 0. The second-order valence-corrected chi connectivity index (χ2v) is 0. The van der Waals surface area contributed by atoms with Crippen LogP contribution in [-0.2, 0) is 16.4 Å². The first-order chi connectivity index (χ1) is 0. The van der Waals surface area contributed by atoms with Crippen LogP contribution in [0.5, 0.6) is 0 Å². The number of rotatable bonds is 0. The molecule has 0 unspecified atom stereocenters. The maximum Gasteiger partial charge on any atom is 3.00 e. The van der Waals surface area contributed by atoms with Gasteiger partial charge in [0, 0.05) is 80.8 Å². The van der Waals surface area contributed by atoms with Crippen molar-refractivity contribution in [2.75, 3.05) is 0 Å². The summed E-state index contributed by atoms with van der Waals surface area (Å²) in [5.74, 6) is 0. The van der Waals surface area contributed by atoms with Gasteiger partial charge in [-0.05, 0) is 0 Å². The van der Waals surface area contributed by atoms with Gasteiger partial charge in [-0.2, -0.15) is 0 Å². The molecule has 0 aromatic heterocycles. The van der Waals surface area contributed by atoms with Crippen LogP contribution in [0.3, 0.4) is 0 Å². The zero-order valence-corrected chi connectivity index (χ0v) is 12.5. The van der Waals surface area contributed by atoms with Gasteiger partial charge in [0.2, 0.25) is 0 Å². The summed E-state index contributed by atoms with van der Waals surface area (Å²) in [4.78, 5) is 0. The maximum absolute atomic E-state index is 0. The molecule has 0 aromatic carbocycles. The predicted octanol–water partition coefficient (Wildman–Crippen LogP) is -0.356. The molecular formula is Gd2O3Sm2. The molecule has 0 saturated carbocycles. The van der Waals surface area contributed by atoms with E-state index in [1.54, 1.807) is 0 Å². The van der Waals surface area contributed by atoms with E-state index in [9.17, 15) is 0 Å². The minimum atomic E-state index is 0. The van der Waals surface area contributed by atoms with Gasteiger partial charge < -0.3 is 16.4 Å². The van der Waals surface area contributed by atoms with Crippen LogP contribution in [-0.4, -0.2) is 0 Å². The van der Waals surface area contributed by atoms with Gasteiger partial charge in [0.05, 0.1) is 0 Å². The third-order valence-corrected chi connectivity index (χ3v) is 0. The number of hydrogen-bond acceptors (Lipinski definition) is 0. The van der Waals surface area contributed by atoms with Crippen LogP contribution in [0.25, 0.3) is 0 Å². The predicted molar refractivity (Wildman–Crippen MR) is 2.06 cm³/mol. The fraction of sp³-hybridized carbons (Fsp3) is 0. The van der Waals surface area contributed by atoms with E-state index in [0.717, 1.165) is 0 Å². The molecule has 0 atom stereocenters. The van der Waals surface area contributed by atoms with Crippen molar-refractivity contribution in [3.05, 3.63) is 0 Å². The Balaban J connectivity index is 0. The van der Waals surface area contributed by atoms with Gasteiger partial charge in [-0.1, -0.05) is 0 Å². The first-order valence-corrected chi connectivity index (χ1v) is 0. The zero-order valence-electron chi connectivity index (χ0n) is 2.75. The molecular weight excluding hydrogens is 663 g/mol. The van der Waals surface area contributed by atoms with Gasteiger partial charge in [0.25, 0.3) is 0 Å². The standard InChI is InChI=1S/2Gd.3O.2Sm/q2*+3;3*-2;;. The molecule has 0 aliphatic heterocycles. The van der Waals surface area contributed by atoms with Crippen LogP contribution in [0.1, 0.15) is 0 Å². The monoisotopic (exact) mass is 668 g/mol. The average molecular weight is 663 g/mol. The molecule has 7 heteroatoms. The molecule has 0 aliphatic rings. The van der Waals surface area contributed by atoms with Crippen molar-refractivity contribution in [3.8, 4) is 0 Å². The first-order valence-electron chi connectivity index (χ1n) is 0. The molecule has 2 radical (unpaired) electrons. The SMILES string of the molecule is [Gd+3].[Gd+3].[O-2].[O-2].[O-2].[Sm].[Sm]. The smallest absolute Gasteiger partial charge is 2.00 e. The minimum absolute atomic E-state index is 0. The van der Waals surface area contributed by atoms with E-state index < -0.39 is 0 Å². The van der Waals surface area contributed by atoms with Crippen LogP contribution in [0.4, 0.5) is 0 Å². The third-order valence-electron chi connectivity index (χ3n) is 0. The molecule has 0 fully saturated rings. The Morgan fingerprint density at radius 3 is 0.429 bits per heavy atom. The summed E-state index contributed by atoms with van der Waals surface area (Å²) in [6, 6.07) is 0. The van der Waals surface area contributed by atoms with E-state index in [1.807, 2.05) is 0 Å². The van der Waals surface area contributed by atoms with Crippen LogP contribution in [0, 0.1) is 161 Å². The summed E-state index contributed by atoms with van der Waals surface area (Å²) in [6.07, 6.45) is 0. The van der Waals surface area contributed by atoms with Crippen molar-refractivity contribution in [3.63, 3.8) is 0 Å². The second kappa shape index (κ2) is 43.1. The van der Waals surface area contributed by atoms with Crippen molar-refractivity contribution in [2.45, 2.75) is 0 Å². The van der Waals surface area contributed by atoms with E-state index in [4.69, 9.17) is 0 Å². The van der Waals surface area contributed by atoms with Crippen LogP contribution >= 0.6 is 0 Å². The molecule has 0 amide bonds. The quantitative estimate of drug-likeness (QED) is 0.340. The summed E-state index contributed by atoms with van der Waals surface area (Å²) in [6.45, 7) is 0. The van der Waals surface area contributed by atoms with Gasteiger partial charge >= 0.3 is 79.9 Å². The van der Waals surface area contributed by atoms with Crippen LogP contribution < -0.4 is 0 Å². The Bertz CT molecular complexity index is 10.9. The average Bonchev–Trinajstić information content (AvgIpc) is 0. The first kappa shape index (κ1) is 56.6. The maximum atomic E-state index is 0. The van der Waals surface area contributed by atoms with Crippen molar-refractivity contribution in [2.24, 2.45) is 0 Å². The van der Waals surface area contributed by atoms with E-state index in [1.165, 1.54) is 0 Å². The molecule has 7 heavy (non-hydrogen) atoms. The van der Waals surface area contributed by atoms with Crippen molar-refractivity contribution in [1.29, 1.82) is 0 Å². The van der Waals surface area contributed by atoms with E-state index in [-0.39, 0.29) is 177 Å². The summed E-state index contributed by atoms with van der Waals surface area (Å²) in [7, 11) is 0. The summed E-state index contributed by atoms with van der Waals surface area (Å²) in [5, 5.41) is 0. The summed E-state index contributed by atoms with van der Waals surface area (Å²) >= 11 is 0. The van der Waals surface area contributed by atoms with Crippen LogP contribution in [0.2, 0.25) is 0 Å². The molecule has 0 rings (SSSR count). The van der Waals surface area contributed by atoms with Gasteiger partial charge in [0.1, 0.15) is 0 Å². The van der Waals surface area contributed by atoms with Gasteiger partial charge in [0.15, 0.2) is 0 Å². The van der Waals surface area contributed by atoms with E-state index in [0.29, 0.717) is 0 Å². The Morgan fingerprint density at radius 2 is 0.429 bits per heavy atom. The number of hydrogen-bond donors (Lipinski definition) is 0.